The number of hydrogen-bond donors (Lipinski definition) is 2. The van der Waals surface area contributed by atoms with E-state index in [2.05, 4.69) is 27.4 Å². The lowest BCUT2D eigenvalue weighted by molar-refractivity contribution is -0.125. The van der Waals surface area contributed by atoms with Crippen LogP contribution in [-0.2, 0) is 11.2 Å². The van der Waals surface area contributed by atoms with Gasteiger partial charge in [-0.2, -0.15) is 0 Å². The van der Waals surface area contributed by atoms with Gasteiger partial charge in [-0.15, -0.1) is 0 Å². The van der Waals surface area contributed by atoms with Gasteiger partial charge in [0.2, 0.25) is 5.91 Å². The zero-order chi connectivity index (χ0) is 12.8. The first-order valence-corrected chi connectivity index (χ1v) is 6.22. The van der Waals surface area contributed by atoms with Crippen LogP contribution >= 0.6 is 0 Å². The molecule has 5 heteroatoms. The molecular weight excluding hydrogens is 230 g/mol. The quantitative estimate of drug-likeness (QED) is 0.772. The van der Waals surface area contributed by atoms with Gasteiger partial charge >= 0.3 is 5.69 Å². The van der Waals surface area contributed by atoms with E-state index < -0.39 is 0 Å². The van der Waals surface area contributed by atoms with E-state index in [4.69, 9.17) is 0 Å². The van der Waals surface area contributed by atoms with Crippen molar-refractivity contribution < 1.29 is 4.79 Å². The maximum Gasteiger partial charge on any atom is 0.344 e. The Labute approximate surface area is 105 Å². The van der Waals surface area contributed by atoms with Gasteiger partial charge in [0.1, 0.15) is 0 Å². The molecule has 1 aromatic heterocycles. The summed E-state index contributed by atoms with van der Waals surface area (Å²) < 4.78 is 0. The Morgan fingerprint density at radius 3 is 3.06 bits per heavy atom. The second-order valence-electron chi connectivity index (χ2n) is 4.45. The average Bonchev–Trinajstić information content (AvgIpc) is 2.42. The van der Waals surface area contributed by atoms with Gasteiger partial charge in [0.15, 0.2) is 0 Å². The minimum Gasteiger partial charge on any atom is -0.356 e. The van der Waals surface area contributed by atoms with Crippen molar-refractivity contribution in [3.8, 4) is 0 Å². The van der Waals surface area contributed by atoms with Crippen LogP contribution in [0.5, 0.6) is 0 Å². The molecule has 0 saturated heterocycles. The third-order valence-corrected chi connectivity index (χ3v) is 3.08. The summed E-state index contributed by atoms with van der Waals surface area (Å²) >= 11 is 0. The van der Waals surface area contributed by atoms with Gasteiger partial charge in [-0.05, 0) is 31.2 Å². The Balaban J connectivity index is 1.74. The van der Waals surface area contributed by atoms with Crippen molar-refractivity contribution in [2.45, 2.75) is 25.7 Å². The predicted octanol–water partition coefficient (Wildman–Crippen LogP) is 0.785. The number of carbonyl (C=O) groups is 1. The second kappa shape index (κ2) is 6.14. The first kappa shape index (κ1) is 12.5. The lowest BCUT2D eigenvalue weighted by Gasteiger charge is -2.17. The summed E-state index contributed by atoms with van der Waals surface area (Å²) in [4.78, 5) is 28.7. The number of H-pyrrole nitrogens is 1. The molecule has 0 aliphatic heterocycles. The standard InChI is InChI=1S/C13H17N3O2/c17-12(11-4-2-1-3-5-11)14-7-6-10-8-15-13(18)16-9-10/h1-2,8-9,11H,3-7H2,(H,14,17)(H,15,16,18). The molecule has 0 spiro atoms. The molecule has 2 N–H and O–H groups in total. The van der Waals surface area contributed by atoms with Crippen molar-refractivity contribution in [3.63, 3.8) is 0 Å². The van der Waals surface area contributed by atoms with Crippen LogP contribution in [0.1, 0.15) is 24.8 Å². The van der Waals surface area contributed by atoms with Gasteiger partial charge in [0.05, 0.1) is 0 Å². The molecule has 96 valence electrons. The van der Waals surface area contributed by atoms with Crippen LogP contribution in [0, 0.1) is 5.92 Å². The van der Waals surface area contributed by atoms with E-state index in [1.165, 1.54) is 6.20 Å². The van der Waals surface area contributed by atoms with Crippen LogP contribution in [0.15, 0.2) is 29.3 Å². The molecule has 18 heavy (non-hydrogen) atoms. The molecule has 2 rings (SSSR count). The second-order valence-corrected chi connectivity index (χ2v) is 4.45. The molecule has 0 aromatic carbocycles. The third kappa shape index (κ3) is 3.55. The van der Waals surface area contributed by atoms with Crippen molar-refractivity contribution in [1.82, 2.24) is 15.3 Å². The number of aromatic amines is 1. The topological polar surface area (TPSA) is 74.8 Å². The largest absolute Gasteiger partial charge is 0.356 e. The highest BCUT2D eigenvalue weighted by Gasteiger charge is 2.17. The fourth-order valence-corrected chi connectivity index (χ4v) is 2.01. The lowest BCUT2D eigenvalue weighted by Crippen LogP contribution is -2.32. The molecule has 1 aliphatic carbocycles. The van der Waals surface area contributed by atoms with E-state index in [1.54, 1.807) is 6.20 Å². The van der Waals surface area contributed by atoms with E-state index in [-0.39, 0.29) is 17.5 Å². The summed E-state index contributed by atoms with van der Waals surface area (Å²) in [6.45, 7) is 0.576. The summed E-state index contributed by atoms with van der Waals surface area (Å²) in [7, 11) is 0. The Hall–Kier alpha value is -1.91. The van der Waals surface area contributed by atoms with Crippen molar-refractivity contribution in [2.24, 2.45) is 5.92 Å². The first-order valence-electron chi connectivity index (χ1n) is 6.22. The average molecular weight is 247 g/mol. The van der Waals surface area contributed by atoms with Crippen molar-refractivity contribution in [2.75, 3.05) is 6.54 Å². The van der Waals surface area contributed by atoms with Crippen LogP contribution in [-0.4, -0.2) is 22.4 Å². The highest BCUT2D eigenvalue weighted by atomic mass is 16.2. The molecule has 0 bridgehead atoms. The lowest BCUT2D eigenvalue weighted by atomic mass is 9.94. The van der Waals surface area contributed by atoms with Gasteiger partial charge in [-0.1, -0.05) is 12.2 Å². The molecule has 0 radical (unpaired) electrons. The molecular formula is C13H17N3O2. The SMILES string of the molecule is O=C(NCCc1cnc(=O)[nH]c1)C1CC=CCC1. The summed E-state index contributed by atoms with van der Waals surface area (Å²) in [5, 5.41) is 2.92. The molecule has 1 aromatic rings. The number of nitrogens with one attached hydrogen (secondary N) is 2. The minimum atomic E-state index is -0.350. The molecule has 0 fully saturated rings. The number of carbonyl (C=O) groups excluding carboxylic acids is 1. The zero-order valence-corrected chi connectivity index (χ0v) is 10.2. The van der Waals surface area contributed by atoms with Crippen LogP contribution in [0.3, 0.4) is 0 Å². The van der Waals surface area contributed by atoms with Crippen LogP contribution in [0.4, 0.5) is 0 Å². The Morgan fingerprint density at radius 1 is 1.50 bits per heavy atom. The molecule has 1 atom stereocenters. The highest BCUT2D eigenvalue weighted by Crippen LogP contribution is 2.17. The number of rotatable bonds is 4. The van der Waals surface area contributed by atoms with E-state index in [0.29, 0.717) is 13.0 Å². The Bertz CT molecular complexity index is 473. The molecule has 1 unspecified atom stereocenters. The van der Waals surface area contributed by atoms with E-state index in [9.17, 15) is 9.59 Å². The smallest absolute Gasteiger partial charge is 0.344 e. The predicted molar refractivity (Wildman–Crippen MR) is 68.1 cm³/mol. The van der Waals surface area contributed by atoms with Crippen molar-refractivity contribution in [1.29, 1.82) is 0 Å². The molecule has 1 aliphatic rings. The minimum absolute atomic E-state index is 0.115. The van der Waals surface area contributed by atoms with Crippen LogP contribution in [0.2, 0.25) is 0 Å². The van der Waals surface area contributed by atoms with Gasteiger partial charge in [0.25, 0.3) is 0 Å². The van der Waals surface area contributed by atoms with E-state index in [1.807, 2.05) is 0 Å². The number of hydrogen-bond acceptors (Lipinski definition) is 3. The summed E-state index contributed by atoms with van der Waals surface area (Å²) in [5.41, 5.74) is 0.565. The summed E-state index contributed by atoms with van der Waals surface area (Å²) in [6, 6.07) is 0. The fourth-order valence-electron chi connectivity index (χ4n) is 2.01. The molecule has 1 heterocycles. The number of nitrogens with zero attached hydrogens (tertiary/aromatic N) is 1. The number of aromatic nitrogens is 2. The molecule has 0 saturated carbocycles. The van der Waals surface area contributed by atoms with Crippen molar-refractivity contribution >= 4 is 5.91 Å². The summed E-state index contributed by atoms with van der Waals surface area (Å²) in [5.74, 6) is 0.237. The zero-order valence-electron chi connectivity index (χ0n) is 10.2. The van der Waals surface area contributed by atoms with Gasteiger partial charge in [0, 0.05) is 24.9 Å². The highest BCUT2D eigenvalue weighted by molar-refractivity contribution is 5.78. The number of amides is 1. The van der Waals surface area contributed by atoms with Gasteiger partial charge < -0.3 is 10.3 Å². The Morgan fingerprint density at radius 2 is 2.39 bits per heavy atom. The van der Waals surface area contributed by atoms with Crippen LogP contribution < -0.4 is 11.0 Å². The first-order chi connectivity index (χ1) is 8.75. The monoisotopic (exact) mass is 247 g/mol. The van der Waals surface area contributed by atoms with Gasteiger partial charge in [-0.25, -0.2) is 9.78 Å². The van der Waals surface area contributed by atoms with Crippen LogP contribution in [0.25, 0.3) is 0 Å². The van der Waals surface area contributed by atoms with E-state index >= 15 is 0 Å². The normalized spacial score (nSPS) is 18.6. The van der Waals surface area contributed by atoms with Crippen molar-refractivity contribution in [3.05, 3.63) is 40.6 Å². The molecule has 5 nitrogen and oxygen atoms in total. The fraction of sp³-hybridized carbons (Fsp3) is 0.462. The third-order valence-electron chi connectivity index (χ3n) is 3.08. The summed E-state index contributed by atoms with van der Waals surface area (Å²) in [6.07, 6.45) is 10.8. The Kier molecular flexibility index (Phi) is 4.28. The maximum atomic E-state index is 11.8. The maximum absolute atomic E-state index is 11.8. The molecule has 1 amide bonds. The van der Waals surface area contributed by atoms with E-state index in [0.717, 1.165) is 24.8 Å². The number of allylic oxidation sites excluding steroid dienone is 2. The van der Waals surface area contributed by atoms with Gasteiger partial charge in [-0.3, -0.25) is 4.79 Å².